The largest absolute Gasteiger partial charge is 0.491 e. The molecule has 4 unspecified atom stereocenters. The minimum Gasteiger partial charge on any atom is -0.491 e. The third-order valence-electron chi connectivity index (χ3n) is 4.01. The fraction of sp³-hybridized carbons (Fsp3) is 0.609. The second kappa shape index (κ2) is 13.4. The molecule has 0 N–H and O–H groups in total. The quantitative estimate of drug-likeness (QED) is 0.341. The molecule has 0 fully saturated rings. The fourth-order valence-electron chi connectivity index (χ4n) is 2.21. The predicted molar refractivity (Wildman–Crippen MR) is 113 cm³/mol. The van der Waals surface area contributed by atoms with E-state index in [4.69, 9.17) is 23.7 Å². The lowest BCUT2D eigenvalue weighted by Crippen LogP contribution is -2.29. The van der Waals surface area contributed by atoms with Crippen LogP contribution in [-0.2, 0) is 23.7 Å². The smallest absolute Gasteiger partial charge is 0.333 e. The van der Waals surface area contributed by atoms with Gasteiger partial charge in [-0.25, -0.2) is 4.79 Å². The van der Waals surface area contributed by atoms with Crippen molar-refractivity contribution >= 4 is 5.97 Å². The summed E-state index contributed by atoms with van der Waals surface area (Å²) in [6, 6.07) is 7.95. The Morgan fingerprint density at radius 1 is 0.828 bits per heavy atom. The number of hydrogen-bond acceptors (Lipinski definition) is 6. The van der Waals surface area contributed by atoms with E-state index in [-0.39, 0.29) is 24.4 Å². The zero-order chi connectivity index (χ0) is 21.8. The lowest BCUT2D eigenvalue weighted by atomic mass is 10.2. The van der Waals surface area contributed by atoms with Crippen LogP contribution in [0.1, 0.15) is 40.2 Å². The molecule has 164 valence electrons. The van der Waals surface area contributed by atoms with E-state index in [2.05, 4.69) is 6.58 Å². The third kappa shape index (κ3) is 11.6. The van der Waals surface area contributed by atoms with Crippen LogP contribution in [0.3, 0.4) is 0 Å². The minimum atomic E-state index is -0.406. The van der Waals surface area contributed by atoms with Gasteiger partial charge >= 0.3 is 5.97 Å². The number of rotatable bonds is 14. The van der Waals surface area contributed by atoms with E-state index in [1.54, 1.807) is 13.8 Å². The summed E-state index contributed by atoms with van der Waals surface area (Å²) in [7, 11) is 0. The van der Waals surface area contributed by atoms with Crippen LogP contribution in [0.2, 0.25) is 0 Å². The van der Waals surface area contributed by atoms with Gasteiger partial charge in [-0.3, -0.25) is 0 Å². The molecule has 0 saturated heterocycles. The van der Waals surface area contributed by atoms with Crippen molar-refractivity contribution in [1.29, 1.82) is 0 Å². The molecule has 0 amide bonds. The Hall–Kier alpha value is -1.89. The molecule has 0 radical (unpaired) electrons. The summed E-state index contributed by atoms with van der Waals surface area (Å²) < 4.78 is 28.1. The van der Waals surface area contributed by atoms with Crippen molar-refractivity contribution in [2.45, 2.75) is 66.0 Å². The number of carbonyl (C=O) groups excluding carboxylic acids is 1. The Labute approximate surface area is 175 Å². The van der Waals surface area contributed by atoms with E-state index >= 15 is 0 Å². The Morgan fingerprint density at radius 2 is 1.28 bits per heavy atom. The first kappa shape index (κ1) is 25.1. The molecule has 6 heteroatoms. The van der Waals surface area contributed by atoms with Crippen LogP contribution in [0, 0.1) is 6.92 Å². The minimum absolute atomic E-state index is 0.0418. The second-order valence-electron chi connectivity index (χ2n) is 7.55. The van der Waals surface area contributed by atoms with Crippen LogP contribution >= 0.6 is 0 Å². The topological polar surface area (TPSA) is 63.2 Å². The average molecular weight is 409 g/mol. The van der Waals surface area contributed by atoms with Gasteiger partial charge in [0, 0.05) is 5.57 Å². The predicted octanol–water partition coefficient (Wildman–Crippen LogP) is 4.10. The van der Waals surface area contributed by atoms with Crippen LogP contribution in [0.15, 0.2) is 36.4 Å². The standard InChI is InChI=1S/C23H36O6/c1-16(2)23(24)29-21(7)15-27-19(5)13-25-18(4)12-26-20(6)14-28-22-10-8-17(3)9-11-22/h8-11,18-21H,1,12-15H2,2-7H3. The molecule has 4 atom stereocenters. The van der Waals surface area contributed by atoms with Gasteiger partial charge in [0.2, 0.25) is 0 Å². The van der Waals surface area contributed by atoms with Gasteiger partial charge in [0.25, 0.3) is 0 Å². The first-order valence-electron chi connectivity index (χ1n) is 10.1. The number of ether oxygens (including phenoxy) is 5. The molecule has 1 aromatic rings. The maximum Gasteiger partial charge on any atom is 0.333 e. The molecular weight excluding hydrogens is 372 g/mol. The normalized spacial score (nSPS) is 15.2. The van der Waals surface area contributed by atoms with Gasteiger partial charge in [-0.2, -0.15) is 0 Å². The van der Waals surface area contributed by atoms with Crippen molar-refractivity contribution in [1.82, 2.24) is 0 Å². The Bertz CT molecular complexity index is 612. The highest BCUT2D eigenvalue weighted by Gasteiger charge is 2.14. The van der Waals surface area contributed by atoms with E-state index in [0.717, 1.165) is 5.75 Å². The summed E-state index contributed by atoms with van der Waals surface area (Å²) in [4.78, 5) is 11.5. The lowest BCUT2D eigenvalue weighted by Gasteiger charge is -2.21. The molecule has 0 aliphatic carbocycles. The van der Waals surface area contributed by atoms with E-state index in [9.17, 15) is 4.79 Å². The number of aryl methyl sites for hydroxylation is 1. The van der Waals surface area contributed by atoms with Gasteiger partial charge in [0.05, 0.1) is 38.1 Å². The summed E-state index contributed by atoms with van der Waals surface area (Å²) >= 11 is 0. The van der Waals surface area contributed by atoms with Gasteiger partial charge in [-0.15, -0.1) is 0 Å². The SMILES string of the molecule is C=C(C)C(=O)OC(C)COC(C)COC(C)COC(C)COc1ccc(C)cc1. The van der Waals surface area contributed by atoms with Crippen molar-refractivity contribution in [3.63, 3.8) is 0 Å². The highest BCUT2D eigenvalue weighted by atomic mass is 16.6. The van der Waals surface area contributed by atoms with E-state index in [1.165, 1.54) is 5.56 Å². The average Bonchev–Trinajstić information content (AvgIpc) is 2.68. The molecular formula is C23H36O6. The maximum absolute atomic E-state index is 11.5. The van der Waals surface area contributed by atoms with Crippen molar-refractivity contribution in [2.24, 2.45) is 0 Å². The van der Waals surface area contributed by atoms with E-state index in [0.29, 0.717) is 32.0 Å². The number of benzene rings is 1. The number of carbonyl (C=O) groups is 1. The molecule has 29 heavy (non-hydrogen) atoms. The number of esters is 1. The molecule has 1 aromatic carbocycles. The van der Waals surface area contributed by atoms with Gasteiger partial charge in [0.15, 0.2) is 0 Å². The molecule has 1 rings (SSSR count). The molecule has 0 heterocycles. The van der Waals surface area contributed by atoms with Gasteiger partial charge < -0.3 is 23.7 Å². The van der Waals surface area contributed by atoms with Gasteiger partial charge in [-0.05, 0) is 53.7 Å². The summed E-state index contributed by atoms with van der Waals surface area (Å²) in [5.41, 5.74) is 1.58. The van der Waals surface area contributed by atoms with Gasteiger partial charge in [0.1, 0.15) is 18.5 Å². The second-order valence-corrected chi connectivity index (χ2v) is 7.55. The van der Waals surface area contributed by atoms with E-state index in [1.807, 2.05) is 52.0 Å². The van der Waals surface area contributed by atoms with Crippen LogP contribution in [0.25, 0.3) is 0 Å². The molecule has 0 saturated carbocycles. The lowest BCUT2D eigenvalue weighted by molar-refractivity contribution is -0.148. The molecule has 0 aliphatic heterocycles. The van der Waals surface area contributed by atoms with Crippen LogP contribution in [-0.4, -0.2) is 56.8 Å². The summed E-state index contributed by atoms with van der Waals surface area (Å²) in [5.74, 6) is 0.431. The van der Waals surface area contributed by atoms with Crippen molar-refractivity contribution < 1.29 is 28.5 Å². The van der Waals surface area contributed by atoms with Crippen LogP contribution in [0.5, 0.6) is 5.75 Å². The third-order valence-corrected chi connectivity index (χ3v) is 4.01. The summed E-state index contributed by atoms with van der Waals surface area (Å²) in [6.07, 6.45) is -0.566. The van der Waals surface area contributed by atoms with Crippen molar-refractivity contribution in [3.05, 3.63) is 42.0 Å². The molecule has 0 aliphatic rings. The van der Waals surface area contributed by atoms with Crippen LogP contribution in [0.4, 0.5) is 0 Å². The van der Waals surface area contributed by atoms with E-state index < -0.39 is 5.97 Å². The highest BCUT2D eigenvalue weighted by Crippen LogP contribution is 2.12. The molecule has 6 nitrogen and oxygen atoms in total. The summed E-state index contributed by atoms with van der Waals surface area (Å²) in [6.45, 7) is 16.5. The summed E-state index contributed by atoms with van der Waals surface area (Å²) in [5, 5.41) is 0. The fourth-order valence-corrected chi connectivity index (χ4v) is 2.21. The molecule has 0 spiro atoms. The first-order valence-corrected chi connectivity index (χ1v) is 10.1. The molecule has 0 aromatic heterocycles. The zero-order valence-corrected chi connectivity index (χ0v) is 18.6. The Morgan fingerprint density at radius 3 is 1.76 bits per heavy atom. The molecule has 0 bridgehead atoms. The first-order chi connectivity index (χ1) is 13.7. The van der Waals surface area contributed by atoms with Crippen molar-refractivity contribution in [3.8, 4) is 5.75 Å². The number of hydrogen-bond donors (Lipinski definition) is 0. The van der Waals surface area contributed by atoms with Crippen LogP contribution < -0.4 is 4.74 Å². The Balaban J connectivity index is 2.14. The maximum atomic E-state index is 11.5. The monoisotopic (exact) mass is 408 g/mol. The van der Waals surface area contributed by atoms with Crippen molar-refractivity contribution in [2.75, 3.05) is 26.4 Å². The van der Waals surface area contributed by atoms with Gasteiger partial charge in [-0.1, -0.05) is 24.3 Å². The Kier molecular flexibility index (Phi) is 11.6. The highest BCUT2D eigenvalue weighted by molar-refractivity contribution is 5.87. The zero-order valence-electron chi connectivity index (χ0n) is 18.6.